The Morgan fingerprint density at radius 3 is 2.43 bits per heavy atom. The number of ether oxygens (including phenoxy) is 2. The van der Waals surface area contributed by atoms with Gasteiger partial charge in [0.1, 0.15) is 5.75 Å². The predicted molar refractivity (Wildman–Crippen MR) is 184 cm³/mol. The van der Waals surface area contributed by atoms with Gasteiger partial charge in [-0.3, -0.25) is 4.79 Å². The molecule has 0 saturated heterocycles. The number of carbonyl (C=O) groups is 3. The zero-order chi connectivity index (χ0) is 33.8. The first-order chi connectivity index (χ1) is 22.6. The standard InChI is InChI=1S/C36H53N5O6/c1-25-22-41(26(2)24-42)34(43)31-21-30(38-35(44)37-28-14-7-5-8-15-28)18-19-32(31)47-27(3)13-11-12-20-46-33(25)23-40(4)36(45)39-29-16-9-6-10-17-29/h6,9-10,16-19,21,25-28,33,42H,5,7-8,11-15,20,22-24H2,1-4H3,(H,39,45)(H2,37,38,44)/t25-,26-,27-,33+/m1/s1. The fraction of sp³-hybridized carbons (Fsp3) is 0.583. The summed E-state index contributed by atoms with van der Waals surface area (Å²) in [6.07, 6.45) is 7.25. The van der Waals surface area contributed by atoms with Crippen LogP contribution in [0.3, 0.4) is 0 Å². The first-order valence-corrected chi connectivity index (χ1v) is 17.1. The van der Waals surface area contributed by atoms with Gasteiger partial charge in [0, 0.05) is 50.1 Å². The molecule has 5 amide bonds. The largest absolute Gasteiger partial charge is 0.490 e. The van der Waals surface area contributed by atoms with Gasteiger partial charge in [-0.25, -0.2) is 9.59 Å². The Balaban J connectivity index is 1.56. The van der Waals surface area contributed by atoms with Gasteiger partial charge in [0.15, 0.2) is 0 Å². The topological polar surface area (TPSA) is 132 Å². The fourth-order valence-electron chi connectivity index (χ4n) is 6.16. The van der Waals surface area contributed by atoms with Crippen LogP contribution in [0.2, 0.25) is 0 Å². The van der Waals surface area contributed by atoms with Crippen molar-refractivity contribution in [3.05, 3.63) is 54.1 Å². The molecule has 1 aliphatic heterocycles. The molecule has 11 nitrogen and oxygen atoms in total. The minimum atomic E-state index is -0.505. The molecular formula is C36H53N5O6. The van der Waals surface area contributed by atoms with Crippen LogP contribution in [0.4, 0.5) is 21.0 Å². The molecule has 0 unspecified atom stereocenters. The van der Waals surface area contributed by atoms with Crippen LogP contribution in [0.25, 0.3) is 0 Å². The monoisotopic (exact) mass is 651 g/mol. The Morgan fingerprint density at radius 1 is 0.979 bits per heavy atom. The fourth-order valence-corrected chi connectivity index (χ4v) is 6.16. The van der Waals surface area contributed by atoms with E-state index in [4.69, 9.17) is 9.47 Å². The van der Waals surface area contributed by atoms with Crippen molar-refractivity contribution in [2.45, 2.75) is 96.4 Å². The van der Waals surface area contributed by atoms with E-state index in [1.165, 1.54) is 6.42 Å². The first kappa shape index (κ1) is 36.0. The highest BCUT2D eigenvalue weighted by Crippen LogP contribution is 2.29. The van der Waals surface area contributed by atoms with Crippen LogP contribution in [-0.4, -0.2) is 90.5 Å². The summed E-state index contributed by atoms with van der Waals surface area (Å²) >= 11 is 0. The molecule has 1 aliphatic carbocycles. The molecule has 258 valence electrons. The van der Waals surface area contributed by atoms with E-state index in [2.05, 4.69) is 16.0 Å². The predicted octanol–water partition coefficient (Wildman–Crippen LogP) is 6.10. The van der Waals surface area contributed by atoms with Crippen LogP contribution < -0.4 is 20.7 Å². The number of likely N-dealkylation sites (N-methyl/N-ethyl adjacent to an activating group) is 1. The van der Waals surface area contributed by atoms with Crippen molar-refractivity contribution in [2.75, 3.05) is 44.0 Å². The molecule has 4 N–H and O–H groups in total. The Morgan fingerprint density at radius 2 is 1.70 bits per heavy atom. The lowest BCUT2D eigenvalue weighted by Crippen LogP contribution is -2.48. The van der Waals surface area contributed by atoms with E-state index < -0.39 is 6.04 Å². The van der Waals surface area contributed by atoms with Crippen molar-refractivity contribution >= 4 is 29.3 Å². The molecule has 4 atom stereocenters. The van der Waals surface area contributed by atoms with E-state index in [0.717, 1.165) is 44.9 Å². The molecule has 11 heteroatoms. The molecule has 2 aromatic rings. The number of hydrogen-bond donors (Lipinski definition) is 4. The van der Waals surface area contributed by atoms with E-state index in [1.54, 1.807) is 42.0 Å². The van der Waals surface area contributed by atoms with Crippen molar-refractivity contribution in [3.8, 4) is 5.75 Å². The number of para-hydroxylation sites is 1. The summed E-state index contributed by atoms with van der Waals surface area (Å²) in [7, 11) is 1.73. The summed E-state index contributed by atoms with van der Waals surface area (Å²) < 4.78 is 12.7. The zero-order valence-corrected chi connectivity index (χ0v) is 28.4. The quantitative estimate of drug-likeness (QED) is 0.286. The number of carbonyl (C=O) groups excluding carboxylic acids is 3. The molecule has 0 radical (unpaired) electrons. The maximum Gasteiger partial charge on any atom is 0.321 e. The smallest absolute Gasteiger partial charge is 0.321 e. The maximum atomic E-state index is 14.3. The molecular weight excluding hydrogens is 598 g/mol. The highest BCUT2D eigenvalue weighted by Gasteiger charge is 2.31. The van der Waals surface area contributed by atoms with E-state index >= 15 is 0 Å². The number of amides is 5. The average Bonchev–Trinajstić information content (AvgIpc) is 3.06. The number of rotatable bonds is 7. The van der Waals surface area contributed by atoms with Crippen molar-refractivity contribution in [1.29, 1.82) is 0 Å². The third kappa shape index (κ3) is 10.9. The molecule has 0 aromatic heterocycles. The lowest BCUT2D eigenvalue weighted by atomic mass is 9.96. The van der Waals surface area contributed by atoms with E-state index in [0.29, 0.717) is 35.8 Å². The first-order valence-electron chi connectivity index (χ1n) is 17.1. The highest BCUT2D eigenvalue weighted by molar-refractivity contribution is 5.99. The summed E-state index contributed by atoms with van der Waals surface area (Å²) in [5, 5.41) is 19.1. The number of nitrogens with zero attached hydrogens (tertiary/aromatic N) is 2. The number of aliphatic hydroxyl groups excluding tert-OH is 1. The van der Waals surface area contributed by atoms with Gasteiger partial charge < -0.3 is 40.3 Å². The number of fused-ring (bicyclic) bond motifs is 1. The van der Waals surface area contributed by atoms with Crippen LogP contribution in [0, 0.1) is 5.92 Å². The number of benzene rings is 2. The summed E-state index contributed by atoms with van der Waals surface area (Å²) in [4.78, 5) is 43.5. The second-order valence-electron chi connectivity index (χ2n) is 13.1. The van der Waals surface area contributed by atoms with Gasteiger partial charge in [-0.05, 0) is 76.3 Å². The van der Waals surface area contributed by atoms with Crippen LogP contribution >= 0.6 is 0 Å². The zero-order valence-electron chi connectivity index (χ0n) is 28.4. The van der Waals surface area contributed by atoms with E-state index in [-0.39, 0.29) is 55.3 Å². The number of aliphatic hydroxyl groups is 1. The summed E-state index contributed by atoms with van der Waals surface area (Å²) in [5.74, 6) is -0.0673. The molecule has 47 heavy (non-hydrogen) atoms. The van der Waals surface area contributed by atoms with E-state index in [9.17, 15) is 19.5 Å². The summed E-state index contributed by atoms with van der Waals surface area (Å²) in [6.45, 7) is 6.63. The maximum absolute atomic E-state index is 14.3. The highest BCUT2D eigenvalue weighted by atomic mass is 16.5. The number of anilines is 2. The van der Waals surface area contributed by atoms with Gasteiger partial charge in [0.25, 0.3) is 5.91 Å². The lowest BCUT2D eigenvalue weighted by molar-refractivity contribution is -0.0115. The molecule has 0 bridgehead atoms. The minimum absolute atomic E-state index is 0.146. The second-order valence-corrected chi connectivity index (χ2v) is 13.1. The van der Waals surface area contributed by atoms with Crippen LogP contribution in [0.5, 0.6) is 5.75 Å². The molecule has 2 aromatic carbocycles. The summed E-state index contributed by atoms with van der Waals surface area (Å²) in [6, 6.07) is 13.5. The van der Waals surface area contributed by atoms with Gasteiger partial charge in [-0.15, -0.1) is 0 Å². The Hall–Kier alpha value is -3.83. The SMILES string of the molecule is C[C@@H]1CCCCO[C@@H](CN(C)C(=O)Nc2ccccc2)[C@H](C)CN([C@H](C)CO)C(=O)c2cc(NC(=O)NC3CCCCC3)ccc2O1. The Bertz CT molecular complexity index is 1300. The number of hydrogen-bond acceptors (Lipinski definition) is 6. The van der Waals surface area contributed by atoms with Gasteiger partial charge >= 0.3 is 12.1 Å². The summed E-state index contributed by atoms with van der Waals surface area (Å²) in [5.41, 5.74) is 1.50. The molecule has 0 spiro atoms. The number of nitrogens with one attached hydrogen (secondary N) is 3. The van der Waals surface area contributed by atoms with Crippen LogP contribution in [0.1, 0.15) is 82.5 Å². The third-order valence-electron chi connectivity index (χ3n) is 9.08. The molecule has 1 saturated carbocycles. The van der Waals surface area contributed by atoms with Crippen molar-refractivity contribution in [2.24, 2.45) is 5.92 Å². The Kier molecular flexibility index (Phi) is 13.7. The lowest BCUT2D eigenvalue weighted by Gasteiger charge is -2.35. The third-order valence-corrected chi connectivity index (χ3v) is 9.08. The van der Waals surface area contributed by atoms with Gasteiger partial charge in [-0.1, -0.05) is 44.4 Å². The van der Waals surface area contributed by atoms with Crippen molar-refractivity contribution in [1.82, 2.24) is 15.1 Å². The average molecular weight is 652 g/mol. The van der Waals surface area contributed by atoms with Crippen molar-refractivity contribution in [3.63, 3.8) is 0 Å². The normalized spacial score (nSPS) is 22.2. The Labute approximate surface area is 279 Å². The van der Waals surface area contributed by atoms with Gasteiger partial charge in [0.05, 0.1) is 30.4 Å². The molecule has 1 fully saturated rings. The number of urea groups is 2. The molecule has 2 aliphatic rings. The van der Waals surface area contributed by atoms with Crippen LogP contribution in [0.15, 0.2) is 48.5 Å². The molecule has 1 heterocycles. The van der Waals surface area contributed by atoms with Gasteiger partial charge in [-0.2, -0.15) is 0 Å². The second kappa shape index (κ2) is 17.9. The van der Waals surface area contributed by atoms with E-state index in [1.807, 2.05) is 44.2 Å². The van der Waals surface area contributed by atoms with Crippen molar-refractivity contribution < 1.29 is 29.0 Å². The molecule has 4 rings (SSSR count). The van der Waals surface area contributed by atoms with Crippen LogP contribution in [-0.2, 0) is 4.74 Å². The van der Waals surface area contributed by atoms with Gasteiger partial charge in [0.2, 0.25) is 0 Å². The minimum Gasteiger partial charge on any atom is -0.490 e.